The average Bonchev–Trinajstić information content (AvgIpc) is 3.15. The zero-order valence-electron chi connectivity index (χ0n) is 24.5. The highest BCUT2D eigenvalue weighted by molar-refractivity contribution is 6.33. The van der Waals surface area contributed by atoms with Gasteiger partial charge in [0, 0.05) is 63.2 Å². The van der Waals surface area contributed by atoms with Crippen molar-refractivity contribution in [2.75, 3.05) is 0 Å². The minimum Gasteiger partial charge on any atom is -0.265 e. The molecule has 5 aromatic carbocycles. The summed E-state index contributed by atoms with van der Waals surface area (Å²) in [7, 11) is 0. The molecule has 0 bridgehead atoms. The Morgan fingerprint density at radius 3 is 1.26 bits per heavy atom. The molecule has 9 aromatic rings. The van der Waals surface area contributed by atoms with Gasteiger partial charge in [0.1, 0.15) is 0 Å². The number of aromatic nitrogens is 6. The van der Waals surface area contributed by atoms with Crippen LogP contribution >= 0.6 is 0 Å². The molecule has 0 saturated heterocycles. The molecule has 4 aromatic heterocycles. The van der Waals surface area contributed by atoms with E-state index < -0.39 is 0 Å². The van der Waals surface area contributed by atoms with Crippen LogP contribution in [0, 0.1) is 0 Å². The van der Waals surface area contributed by atoms with Crippen molar-refractivity contribution in [2.24, 2.45) is 0 Å². The highest BCUT2D eigenvalue weighted by atomic mass is 15.0. The SMILES string of the molecule is c1ccc2c(c1)nc(-c1ccc(-c3nc(-c4ccncc4)nc(-c4ccncc4)n3)cc1)c1c3ccccc3c3ccccc3c21. The molecule has 0 fully saturated rings. The first kappa shape index (κ1) is 26.0. The minimum absolute atomic E-state index is 0.587. The third kappa shape index (κ3) is 4.27. The lowest BCUT2D eigenvalue weighted by atomic mass is 9.90. The number of fused-ring (bicyclic) bond motifs is 8. The van der Waals surface area contributed by atoms with Crippen molar-refractivity contribution in [3.8, 4) is 45.4 Å². The second-order valence-corrected chi connectivity index (χ2v) is 11.2. The molecule has 9 rings (SSSR count). The first-order valence-electron chi connectivity index (χ1n) is 15.1. The maximum Gasteiger partial charge on any atom is 0.164 e. The number of nitrogens with zero attached hydrogens (tertiary/aromatic N) is 6. The van der Waals surface area contributed by atoms with Crippen LogP contribution in [0.1, 0.15) is 0 Å². The van der Waals surface area contributed by atoms with Gasteiger partial charge in [0.2, 0.25) is 0 Å². The maximum atomic E-state index is 5.29. The largest absolute Gasteiger partial charge is 0.265 e. The molecule has 214 valence electrons. The predicted molar refractivity (Wildman–Crippen MR) is 185 cm³/mol. The number of pyridine rings is 3. The van der Waals surface area contributed by atoms with Crippen LogP contribution in [0.25, 0.3) is 88.6 Å². The van der Waals surface area contributed by atoms with Crippen molar-refractivity contribution >= 4 is 43.2 Å². The third-order valence-corrected chi connectivity index (χ3v) is 8.50. The predicted octanol–water partition coefficient (Wildman–Crippen LogP) is 9.34. The van der Waals surface area contributed by atoms with E-state index in [-0.39, 0.29) is 0 Å². The number of para-hydroxylation sites is 1. The number of hydrogen-bond acceptors (Lipinski definition) is 6. The van der Waals surface area contributed by atoms with E-state index in [2.05, 4.69) is 107 Å². The first-order valence-corrected chi connectivity index (χ1v) is 15.1. The Labute approximate surface area is 264 Å². The first-order chi connectivity index (χ1) is 22.8. The van der Waals surface area contributed by atoms with Gasteiger partial charge in [-0.05, 0) is 51.9 Å². The molecule has 0 amide bonds. The van der Waals surface area contributed by atoms with E-state index in [4.69, 9.17) is 19.9 Å². The number of hydrogen-bond donors (Lipinski definition) is 0. The van der Waals surface area contributed by atoms with E-state index in [9.17, 15) is 0 Å². The van der Waals surface area contributed by atoms with Crippen LogP contribution in [-0.4, -0.2) is 29.9 Å². The van der Waals surface area contributed by atoms with Crippen molar-refractivity contribution in [1.29, 1.82) is 0 Å². The van der Waals surface area contributed by atoms with E-state index >= 15 is 0 Å². The monoisotopic (exact) mass is 588 g/mol. The van der Waals surface area contributed by atoms with Crippen molar-refractivity contribution in [3.63, 3.8) is 0 Å². The van der Waals surface area contributed by atoms with Crippen LogP contribution in [0.4, 0.5) is 0 Å². The van der Waals surface area contributed by atoms with Crippen LogP contribution in [0.2, 0.25) is 0 Å². The fourth-order valence-electron chi connectivity index (χ4n) is 6.38. The lowest BCUT2D eigenvalue weighted by Gasteiger charge is -2.16. The molecule has 0 unspecified atom stereocenters. The van der Waals surface area contributed by atoms with E-state index in [0.717, 1.165) is 44.2 Å². The lowest BCUT2D eigenvalue weighted by Crippen LogP contribution is -2.00. The quantitative estimate of drug-likeness (QED) is 0.191. The second kappa shape index (κ2) is 10.6. The topological polar surface area (TPSA) is 77.3 Å². The Morgan fingerprint density at radius 1 is 0.304 bits per heavy atom. The average molecular weight is 589 g/mol. The zero-order chi connectivity index (χ0) is 30.5. The fraction of sp³-hybridized carbons (Fsp3) is 0. The minimum atomic E-state index is 0.587. The Bertz CT molecular complexity index is 2510. The summed E-state index contributed by atoms with van der Waals surface area (Å²) in [5.41, 5.74) is 5.58. The molecule has 0 saturated carbocycles. The Hall–Kier alpha value is -6.40. The summed E-state index contributed by atoms with van der Waals surface area (Å²) in [5, 5.41) is 8.41. The number of benzene rings is 5. The van der Waals surface area contributed by atoms with Gasteiger partial charge in [0.15, 0.2) is 17.5 Å². The molecule has 0 aliphatic rings. The molecule has 0 spiro atoms. The van der Waals surface area contributed by atoms with E-state index in [1.165, 1.54) is 26.9 Å². The number of rotatable bonds is 4. The van der Waals surface area contributed by atoms with Crippen molar-refractivity contribution in [2.45, 2.75) is 0 Å². The Balaban J connectivity index is 1.26. The maximum absolute atomic E-state index is 5.29. The summed E-state index contributed by atoms with van der Waals surface area (Å²) in [5.74, 6) is 1.76. The van der Waals surface area contributed by atoms with Gasteiger partial charge in [0.25, 0.3) is 0 Å². The lowest BCUT2D eigenvalue weighted by molar-refractivity contribution is 1.07. The molecule has 4 heterocycles. The van der Waals surface area contributed by atoms with E-state index in [0.29, 0.717) is 17.5 Å². The molecule has 6 heteroatoms. The van der Waals surface area contributed by atoms with Crippen LogP contribution in [0.5, 0.6) is 0 Å². The summed E-state index contributed by atoms with van der Waals surface area (Å²) >= 11 is 0. The molecule has 0 aliphatic heterocycles. The van der Waals surface area contributed by atoms with Gasteiger partial charge in [0.05, 0.1) is 11.2 Å². The van der Waals surface area contributed by atoms with Crippen LogP contribution in [0.15, 0.2) is 146 Å². The van der Waals surface area contributed by atoms with Crippen molar-refractivity contribution < 1.29 is 0 Å². The standard InChI is InChI=1S/C40H24N6/c1-3-9-31-29(7-1)30-8-2-4-10-32(30)36-35(31)33-11-5-6-12-34(33)43-37(36)25-13-15-26(16-14-25)38-44-39(27-17-21-41-22-18-27)46-40(45-38)28-19-23-42-24-20-28/h1-24H. The van der Waals surface area contributed by atoms with Crippen molar-refractivity contribution in [3.05, 3.63) is 146 Å². The molecule has 0 aliphatic carbocycles. The van der Waals surface area contributed by atoms with Crippen LogP contribution in [-0.2, 0) is 0 Å². The van der Waals surface area contributed by atoms with Crippen LogP contribution in [0.3, 0.4) is 0 Å². The molecule has 0 radical (unpaired) electrons. The van der Waals surface area contributed by atoms with Gasteiger partial charge < -0.3 is 0 Å². The zero-order valence-corrected chi connectivity index (χ0v) is 24.5. The van der Waals surface area contributed by atoms with Crippen LogP contribution < -0.4 is 0 Å². The summed E-state index contributed by atoms with van der Waals surface area (Å²) in [6, 6.07) is 41.8. The highest BCUT2D eigenvalue weighted by Gasteiger charge is 2.18. The van der Waals surface area contributed by atoms with Gasteiger partial charge in [-0.25, -0.2) is 19.9 Å². The van der Waals surface area contributed by atoms with E-state index in [1.807, 2.05) is 24.3 Å². The molecule has 0 atom stereocenters. The van der Waals surface area contributed by atoms with Gasteiger partial charge in [-0.15, -0.1) is 0 Å². The molecule has 0 N–H and O–H groups in total. The summed E-state index contributed by atoms with van der Waals surface area (Å²) in [4.78, 5) is 28.2. The summed E-state index contributed by atoms with van der Waals surface area (Å²) in [6.45, 7) is 0. The highest BCUT2D eigenvalue weighted by Crippen LogP contribution is 2.42. The smallest absolute Gasteiger partial charge is 0.164 e. The third-order valence-electron chi connectivity index (χ3n) is 8.50. The molecule has 6 nitrogen and oxygen atoms in total. The molecule has 46 heavy (non-hydrogen) atoms. The Morgan fingerprint density at radius 2 is 0.717 bits per heavy atom. The summed E-state index contributed by atoms with van der Waals surface area (Å²) < 4.78 is 0. The molecular formula is C40H24N6. The van der Waals surface area contributed by atoms with Gasteiger partial charge in [-0.3, -0.25) is 9.97 Å². The van der Waals surface area contributed by atoms with Gasteiger partial charge >= 0.3 is 0 Å². The molecular weight excluding hydrogens is 564 g/mol. The summed E-state index contributed by atoms with van der Waals surface area (Å²) in [6.07, 6.45) is 6.97. The fourth-order valence-corrected chi connectivity index (χ4v) is 6.38. The van der Waals surface area contributed by atoms with Crippen molar-refractivity contribution in [1.82, 2.24) is 29.9 Å². The second-order valence-electron chi connectivity index (χ2n) is 11.2. The van der Waals surface area contributed by atoms with E-state index in [1.54, 1.807) is 24.8 Å². The normalized spacial score (nSPS) is 11.5. The van der Waals surface area contributed by atoms with Gasteiger partial charge in [-0.2, -0.15) is 0 Å². The van der Waals surface area contributed by atoms with Gasteiger partial charge in [-0.1, -0.05) is 91.0 Å². The Kier molecular flexibility index (Phi) is 6.03.